The molecular weight excluding hydrogens is 763 g/mol. The van der Waals surface area contributed by atoms with Crippen molar-refractivity contribution in [1.29, 1.82) is 0 Å². The average molecular weight is 802 g/mol. The van der Waals surface area contributed by atoms with Crippen molar-refractivity contribution in [3.63, 3.8) is 0 Å². The smallest absolute Gasteiger partial charge is 0.170 e. The third-order valence-electron chi connectivity index (χ3n) is 12.6. The molecule has 10 aromatic rings. The van der Waals surface area contributed by atoms with Crippen molar-refractivity contribution in [3.05, 3.63) is 211 Å². The van der Waals surface area contributed by atoms with E-state index in [1.54, 1.807) is 0 Å². The van der Waals surface area contributed by atoms with Crippen LogP contribution < -0.4 is 14.4 Å². The molecule has 0 saturated heterocycles. The molecule has 9 aromatic carbocycles. The SMILES string of the molecule is CC1(C)c2ccccc2-c2ccc(N(c3ccc(-c4ccccc4)cc3)c3ccc(-c4ccc5c(c4)Oc4ccc(-c6cccc7c6sc6ccccc67)cc4O5)cc3)cc21. The van der Waals surface area contributed by atoms with Crippen molar-refractivity contribution >= 4 is 48.6 Å². The molecule has 0 saturated carbocycles. The summed E-state index contributed by atoms with van der Waals surface area (Å²) in [6.45, 7) is 4.68. The van der Waals surface area contributed by atoms with Crippen molar-refractivity contribution in [2.75, 3.05) is 4.90 Å². The van der Waals surface area contributed by atoms with Crippen molar-refractivity contribution in [3.8, 4) is 67.5 Å². The van der Waals surface area contributed by atoms with Gasteiger partial charge in [0.05, 0.1) is 0 Å². The minimum atomic E-state index is -0.107. The predicted octanol–water partition coefficient (Wildman–Crippen LogP) is 16.7. The van der Waals surface area contributed by atoms with E-state index in [9.17, 15) is 0 Å². The van der Waals surface area contributed by atoms with Gasteiger partial charge in [0.25, 0.3) is 0 Å². The fourth-order valence-electron chi connectivity index (χ4n) is 9.42. The number of fused-ring (bicyclic) bond motifs is 8. The molecule has 0 N–H and O–H groups in total. The Morgan fingerprint density at radius 3 is 1.67 bits per heavy atom. The normalized spacial score (nSPS) is 13.1. The Morgan fingerprint density at radius 2 is 0.918 bits per heavy atom. The van der Waals surface area contributed by atoms with E-state index in [0.29, 0.717) is 17.2 Å². The minimum absolute atomic E-state index is 0.107. The van der Waals surface area contributed by atoms with Crippen LogP contribution in [0.5, 0.6) is 23.0 Å². The highest BCUT2D eigenvalue weighted by molar-refractivity contribution is 7.26. The lowest BCUT2D eigenvalue weighted by Crippen LogP contribution is -2.16. The minimum Gasteiger partial charge on any atom is -0.449 e. The zero-order valence-corrected chi connectivity index (χ0v) is 34.5. The van der Waals surface area contributed by atoms with Crippen molar-refractivity contribution in [1.82, 2.24) is 0 Å². The largest absolute Gasteiger partial charge is 0.449 e. The number of thiophene rings is 1. The molecule has 290 valence electrons. The third-order valence-corrected chi connectivity index (χ3v) is 13.8. The molecular formula is C57H39NO2S. The van der Waals surface area contributed by atoms with Gasteiger partial charge in [0.1, 0.15) is 0 Å². The van der Waals surface area contributed by atoms with E-state index >= 15 is 0 Å². The molecule has 0 atom stereocenters. The lowest BCUT2D eigenvalue weighted by molar-refractivity contribution is 0.360. The van der Waals surface area contributed by atoms with Gasteiger partial charge in [-0.15, -0.1) is 11.3 Å². The van der Waals surface area contributed by atoms with E-state index in [0.717, 1.165) is 39.5 Å². The molecule has 1 aliphatic heterocycles. The fraction of sp³-hybridized carbons (Fsp3) is 0.0526. The Labute approximate surface area is 359 Å². The highest BCUT2D eigenvalue weighted by atomic mass is 32.1. The van der Waals surface area contributed by atoms with Crippen LogP contribution in [0.15, 0.2) is 200 Å². The highest BCUT2D eigenvalue weighted by Gasteiger charge is 2.35. The van der Waals surface area contributed by atoms with Crippen LogP contribution in [0, 0.1) is 0 Å². The summed E-state index contributed by atoms with van der Waals surface area (Å²) in [7, 11) is 0. The lowest BCUT2D eigenvalue weighted by Gasteiger charge is -2.28. The molecule has 2 aliphatic rings. The maximum Gasteiger partial charge on any atom is 0.170 e. The molecule has 1 aliphatic carbocycles. The molecule has 12 rings (SSSR count). The molecule has 2 heterocycles. The van der Waals surface area contributed by atoms with Crippen LogP contribution in [-0.2, 0) is 5.41 Å². The van der Waals surface area contributed by atoms with E-state index < -0.39 is 0 Å². The fourth-order valence-corrected chi connectivity index (χ4v) is 10.7. The molecule has 0 radical (unpaired) electrons. The monoisotopic (exact) mass is 801 g/mol. The Hall–Kier alpha value is -7.40. The van der Waals surface area contributed by atoms with Crippen LogP contribution >= 0.6 is 11.3 Å². The standard InChI is InChI=1S/C57H39NO2S/c1-57(2)49-17-8-6-13-45(49)46-30-29-43(35-50(46)57)58(41-25-19-37(20-26-41)36-11-4-3-5-12-36)42-27-21-38(22-28-42)39-23-31-51-53(33-39)59-52-32-24-40(34-54(52)60-51)44-15-10-16-48-47-14-7-9-18-55(47)61-56(44)48/h3-35H,1-2H3. The Morgan fingerprint density at radius 1 is 0.377 bits per heavy atom. The summed E-state index contributed by atoms with van der Waals surface area (Å²) in [6.07, 6.45) is 0. The van der Waals surface area contributed by atoms with Gasteiger partial charge in [-0.3, -0.25) is 0 Å². The molecule has 0 spiro atoms. The number of nitrogens with zero attached hydrogens (tertiary/aromatic N) is 1. The van der Waals surface area contributed by atoms with Crippen molar-refractivity contribution in [2.24, 2.45) is 0 Å². The van der Waals surface area contributed by atoms with Crippen LogP contribution in [0.25, 0.3) is 64.7 Å². The Balaban J connectivity index is 0.861. The van der Waals surface area contributed by atoms with Crippen molar-refractivity contribution < 1.29 is 9.47 Å². The molecule has 0 amide bonds. The van der Waals surface area contributed by atoms with Crippen LogP contribution in [0.1, 0.15) is 25.0 Å². The summed E-state index contributed by atoms with van der Waals surface area (Å²) >= 11 is 1.84. The van der Waals surface area contributed by atoms with Gasteiger partial charge in [0.2, 0.25) is 0 Å². The second kappa shape index (κ2) is 13.8. The lowest BCUT2D eigenvalue weighted by atomic mass is 9.82. The molecule has 0 bridgehead atoms. The highest BCUT2D eigenvalue weighted by Crippen LogP contribution is 2.52. The third kappa shape index (κ3) is 5.86. The van der Waals surface area contributed by atoms with E-state index in [1.807, 2.05) is 23.5 Å². The number of hydrogen-bond donors (Lipinski definition) is 0. The first kappa shape index (κ1) is 35.5. The topological polar surface area (TPSA) is 21.7 Å². The van der Waals surface area contributed by atoms with Gasteiger partial charge < -0.3 is 14.4 Å². The predicted molar refractivity (Wildman–Crippen MR) is 254 cm³/mol. The van der Waals surface area contributed by atoms with Crippen LogP contribution in [0.3, 0.4) is 0 Å². The average Bonchev–Trinajstić information content (AvgIpc) is 3.80. The van der Waals surface area contributed by atoms with Gasteiger partial charge in [0.15, 0.2) is 23.0 Å². The second-order valence-corrected chi connectivity index (χ2v) is 17.6. The van der Waals surface area contributed by atoms with Crippen LogP contribution in [0.2, 0.25) is 0 Å². The summed E-state index contributed by atoms with van der Waals surface area (Å²) in [5, 5.41) is 2.57. The van der Waals surface area contributed by atoms with E-state index in [4.69, 9.17) is 9.47 Å². The second-order valence-electron chi connectivity index (χ2n) is 16.5. The van der Waals surface area contributed by atoms with E-state index in [1.165, 1.54) is 59.1 Å². The van der Waals surface area contributed by atoms with Crippen molar-refractivity contribution in [2.45, 2.75) is 19.3 Å². The summed E-state index contributed by atoms with van der Waals surface area (Å²) in [6, 6.07) is 71.8. The number of ether oxygens (including phenoxy) is 2. The number of hydrogen-bond acceptors (Lipinski definition) is 4. The summed E-state index contributed by atoms with van der Waals surface area (Å²) < 4.78 is 15.6. The Bertz CT molecular complexity index is 3330. The summed E-state index contributed by atoms with van der Waals surface area (Å²) in [4.78, 5) is 2.37. The van der Waals surface area contributed by atoms with Crippen LogP contribution in [-0.4, -0.2) is 0 Å². The van der Waals surface area contributed by atoms with E-state index in [-0.39, 0.29) is 5.41 Å². The summed E-state index contributed by atoms with van der Waals surface area (Å²) in [5.74, 6) is 2.84. The quantitative estimate of drug-likeness (QED) is 0.167. The zero-order chi connectivity index (χ0) is 40.7. The van der Waals surface area contributed by atoms with Gasteiger partial charge in [-0.25, -0.2) is 0 Å². The van der Waals surface area contributed by atoms with Gasteiger partial charge in [-0.1, -0.05) is 147 Å². The maximum absolute atomic E-state index is 6.53. The first-order chi connectivity index (χ1) is 30.0. The molecule has 0 unspecified atom stereocenters. The molecule has 61 heavy (non-hydrogen) atoms. The maximum atomic E-state index is 6.53. The number of anilines is 3. The number of benzene rings is 9. The van der Waals surface area contributed by atoms with Gasteiger partial charge >= 0.3 is 0 Å². The molecule has 3 nitrogen and oxygen atoms in total. The first-order valence-corrected chi connectivity index (χ1v) is 21.6. The van der Waals surface area contributed by atoms with Crippen LogP contribution in [0.4, 0.5) is 17.1 Å². The Kier molecular flexibility index (Phi) is 8.06. The van der Waals surface area contributed by atoms with E-state index in [2.05, 4.69) is 207 Å². The molecule has 1 aromatic heterocycles. The van der Waals surface area contributed by atoms with Gasteiger partial charge in [-0.2, -0.15) is 0 Å². The van der Waals surface area contributed by atoms with Gasteiger partial charge in [0, 0.05) is 42.6 Å². The first-order valence-electron chi connectivity index (χ1n) is 20.8. The number of rotatable bonds is 6. The molecule has 0 fully saturated rings. The summed E-state index contributed by atoms with van der Waals surface area (Å²) in [5.41, 5.74) is 15.4. The zero-order valence-electron chi connectivity index (χ0n) is 33.7. The van der Waals surface area contributed by atoms with Gasteiger partial charge in [-0.05, 0) is 122 Å². The molecule has 4 heteroatoms.